The van der Waals surface area contributed by atoms with Crippen LogP contribution in [0.2, 0.25) is 0 Å². The molecule has 9 aromatic heterocycles. The number of furan rings is 2. The summed E-state index contributed by atoms with van der Waals surface area (Å²) >= 11 is 0. The first-order valence-corrected chi connectivity index (χ1v) is 27.3. The van der Waals surface area contributed by atoms with Crippen LogP contribution < -0.4 is 0 Å². The molecule has 9 nitrogen and oxygen atoms in total. The average molecular weight is 1050 g/mol. The Kier molecular flexibility index (Phi) is 10.1. The lowest BCUT2D eigenvalue weighted by Crippen LogP contribution is -1.93. The highest BCUT2D eigenvalue weighted by Crippen LogP contribution is 2.42. The summed E-state index contributed by atoms with van der Waals surface area (Å²) in [5.74, 6) is 0. The summed E-state index contributed by atoms with van der Waals surface area (Å²) in [4.78, 5) is 22.8. The van der Waals surface area contributed by atoms with Gasteiger partial charge in [-0.2, -0.15) is 0 Å². The first-order chi connectivity index (χ1) is 40.6. The van der Waals surface area contributed by atoms with Crippen LogP contribution in [0.3, 0.4) is 0 Å². The van der Waals surface area contributed by atoms with Crippen LogP contribution in [-0.2, 0) is 0 Å². The van der Waals surface area contributed by atoms with Crippen LogP contribution in [0.4, 0.5) is 0 Å². The Labute approximate surface area is 468 Å². The van der Waals surface area contributed by atoms with E-state index in [4.69, 9.17) is 13.8 Å². The van der Waals surface area contributed by atoms with E-state index in [2.05, 4.69) is 217 Å². The maximum absolute atomic E-state index is 6.53. The van der Waals surface area contributed by atoms with Gasteiger partial charge in [-0.3, -0.25) is 24.9 Å². The molecule has 0 saturated carbocycles. The molecule has 9 heteroatoms. The van der Waals surface area contributed by atoms with Gasteiger partial charge in [-0.05, 0) is 167 Å². The zero-order valence-corrected chi connectivity index (χ0v) is 43.8. The van der Waals surface area contributed by atoms with Crippen LogP contribution in [0.15, 0.2) is 271 Å². The van der Waals surface area contributed by atoms with Gasteiger partial charge < -0.3 is 18.0 Å². The number of benzene rings is 8. The Balaban J connectivity index is 0.712. The molecular weight excluding hydrogens is 1010 g/mol. The minimum atomic E-state index is 0.833. The van der Waals surface area contributed by atoms with Crippen molar-refractivity contribution in [2.45, 2.75) is 0 Å². The van der Waals surface area contributed by atoms with Crippen molar-refractivity contribution in [3.63, 3.8) is 0 Å². The van der Waals surface area contributed by atoms with Gasteiger partial charge in [-0.1, -0.05) is 72.8 Å². The van der Waals surface area contributed by atoms with Crippen LogP contribution >= 0.6 is 0 Å². The third-order valence-electron chi connectivity index (χ3n) is 16.3. The number of hydrogen-bond donors (Lipinski definition) is 0. The van der Waals surface area contributed by atoms with E-state index < -0.39 is 0 Å². The molecule has 0 aliphatic carbocycles. The van der Waals surface area contributed by atoms with Gasteiger partial charge >= 0.3 is 0 Å². The molecule has 17 aromatic rings. The summed E-state index contributed by atoms with van der Waals surface area (Å²) in [5.41, 5.74) is 23.6. The smallest absolute Gasteiger partial charge is 0.135 e. The summed E-state index contributed by atoms with van der Waals surface area (Å²) < 4.78 is 17.7. The largest absolute Gasteiger partial charge is 0.456 e. The van der Waals surface area contributed by atoms with E-state index in [9.17, 15) is 0 Å². The van der Waals surface area contributed by atoms with Crippen molar-refractivity contribution < 1.29 is 8.83 Å². The molecule has 0 N–H and O–H groups in total. The molecule has 17 rings (SSSR count). The van der Waals surface area contributed by atoms with Crippen molar-refractivity contribution in [2.75, 3.05) is 0 Å². The molecule has 0 unspecified atom stereocenters. The second kappa shape index (κ2) is 18.1. The molecule has 0 amide bonds. The zero-order chi connectivity index (χ0) is 53.8. The fourth-order valence-electron chi connectivity index (χ4n) is 12.3. The number of pyridine rings is 5. The molecular formula is C73H43N7O2. The highest BCUT2D eigenvalue weighted by atomic mass is 16.3. The Bertz CT molecular complexity index is 5090. The predicted octanol–water partition coefficient (Wildman–Crippen LogP) is 18.7. The predicted molar refractivity (Wildman–Crippen MR) is 331 cm³/mol. The van der Waals surface area contributed by atoms with Gasteiger partial charge in [0.15, 0.2) is 0 Å². The molecule has 8 aromatic carbocycles. The van der Waals surface area contributed by atoms with Crippen molar-refractivity contribution in [1.29, 1.82) is 0 Å². The quantitative estimate of drug-likeness (QED) is 0.149. The highest BCUT2D eigenvalue weighted by molar-refractivity contribution is 6.13. The number of fused-ring (bicyclic) bond motifs is 12. The van der Waals surface area contributed by atoms with E-state index >= 15 is 0 Å². The van der Waals surface area contributed by atoms with Crippen LogP contribution in [0.1, 0.15) is 0 Å². The standard InChI is InChI=1S/C73H43N7O2/c1-2-12-65-58(11-1)59-32-48(52-30-54(42-76-40-52)50-9-4-26-74-38-50)14-20-66(59)79(65)56-18-24-71-62(36-56)60-33-46(16-22-69(60)81-71)44-7-3-8-45(29-44)47-17-23-70-61(34-47)63-37-57(19-25-72(63)82-70)80-67-21-15-49(35-64(67)73-68(80)13-6-28-78-73)53-31-55(43-77-41-53)51-10-5-27-75-39-51/h1-43H. The number of hydrogen-bond acceptors (Lipinski definition) is 7. The van der Waals surface area contributed by atoms with Crippen molar-refractivity contribution in [3.05, 3.63) is 262 Å². The van der Waals surface area contributed by atoms with E-state index in [0.29, 0.717) is 0 Å². The molecule has 0 aliphatic rings. The topological polar surface area (TPSA) is 101 Å². The van der Waals surface area contributed by atoms with E-state index in [1.165, 1.54) is 10.8 Å². The zero-order valence-electron chi connectivity index (χ0n) is 43.8. The summed E-state index contributed by atoms with van der Waals surface area (Å²) in [5, 5.41) is 7.65. The van der Waals surface area contributed by atoms with Gasteiger partial charge in [0.25, 0.3) is 0 Å². The minimum Gasteiger partial charge on any atom is -0.456 e. The lowest BCUT2D eigenvalue weighted by molar-refractivity contribution is 0.668. The Morgan fingerprint density at radius 1 is 0.244 bits per heavy atom. The number of aromatic nitrogens is 7. The van der Waals surface area contributed by atoms with Crippen LogP contribution in [0, 0.1) is 0 Å². The third-order valence-corrected chi connectivity index (χ3v) is 16.3. The van der Waals surface area contributed by atoms with Gasteiger partial charge in [-0.15, -0.1) is 0 Å². The maximum atomic E-state index is 6.53. The van der Waals surface area contributed by atoms with Crippen LogP contribution in [-0.4, -0.2) is 34.1 Å². The van der Waals surface area contributed by atoms with E-state index in [-0.39, 0.29) is 0 Å². The van der Waals surface area contributed by atoms with Crippen molar-refractivity contribution in [2.24, 2.45) is 0 Å². The molecule has 0 atom stereocenters. The third kappa shape index (κ3) is 7.37. The van der Waals surface area contributed by atoms with E-state index in [1.54, 1.807) is 12.4 Å². The molecule has 0 aliphatic heterocycles. The molecule has 0 spiro atoms. The maximum Gasteiger partial charge on any atom is 0.135 e. The summed E-state index contributed by atoms with van der Waals surface area (Å²) in [6, 6.07) is 73.4. The second-order valence-corrected chi connectivity index (χ2v) is 21.0. The molecule has 0 radical (unpaired) electrons. The first kappa shape index (κ1) is 45.7. The molecule has 0 bridgehead atoms. The van der Waals surface area contributed by atoms with Crippen LogP contribution in [0.25, 0.3) is 166 Å². The fourth-order valence-corrected chi connectivity index (χ4v) is 12.3. The van der Waals surface area contributed by atoms with Crippen molar-refractivity contribution >= 4 is 87.6 Å². The van der Waals surface area contributed by atoms with Crippen molar-refractivity contribution in [3.8, 4) is 78.1 Å². The fraction of sp³-hybridized carbons (Fsp3) is 0. The Morgan fingerprint density at radius 2 is 0.646 bits per heavy atom. The summed E-state index contributed by atoms with van der Waals surface area (Å²) in [7, 11) is 0. The summed E-state index contributed by atoms with van der Waals surface area (Å²) in [6.07, 6.45) is 16.8. The normalized spacial score (nSPS) is 11.9. The first-order valence-electron chi connectivity index (χ1n) is 27.3. The summed E-state index contributed by atoms with van der Waals surface area (Å²) in [6.45, 7) is 0. The van der Waals surface area contributed by atoms with Gasteiger partial charge in [0.05, 0.1) is 27.6 Å². The lowest BCUT2D eigenvalue weighted by atomic mass is 9.97. The van der Waals surface area contributed by atoms with Gasteiger partial charge in [0.1, 0.15) is 22.3 Å². The van der Waals surface area contributed by atoms with Crippen LogP contribution in [0.5, 0.6) is 0 Å². The minimum absolute atomic E-state index is 0.833. The molecule has 0 fully saturated rings. The van der Waals surface area contributed by atoms with E-state index in [0.717, 1.165) is 155 Å². The Hall–Kier alpha value is -11.3. The highest BCUT2D eigenvalue weighted by Gasteiger charge is 2.20. The Morgan fingerprint density at radius 3 is 1.23 bits per heavy atom. The van der Waals surface area contributed by atoms with Gasteiger partial charge in [0.2, 0.25) is 0 Å². The molecule has 382 valence electrons. The lowest BCUT2D eigenvalue weighted by Gasteiger charge is -2.09. The number of rotatable bonds is 8. The molecule has 0 saturated heterocycles. The van der Waals surface area contributed by atoms with Crippen molar-refractivity contribution in [1.82, 2.24) is 34.1 Å². The van der Waals surface area contributed by atoms with E-state index in [1.807, 2.05) is 61.6 Å². The van der Waals surface area contributed by atoms with Gasteiger partial charge in [0, 0.05) is 138 Å². The number of para-hydroxylation sites is 1. The SMILES string of the molecule is c1cncc(-c2cncc(-c3ccc4c(c3)c3ccccc3n4-c3ccc4oc5ccc(-c6cccc(-c7ccc8oc9ccc(-n%10c%11ccc(-c%12cncc(-c%13cccnc%13)c%12)cc%11c%11ncccc%11%10)cc9c8c7)c6)cc5c4c3)c2)c1. The molecule has 82 heavy (non-hydrogen) atoms. The molecule has 9 heterocycles. The second-order valence-electron chi connectivity index (χ2n) is 21.0. The monoisotopic (exact) mass is 1050 g/mol. The number of nitrogens with zero attached hydrogens (tertiary/aromatic N) is 7. The van der Waals surface area contributed by atoms with Gasteiger partial charge in [-0.25, -0.2) is 0 Å². The average Bonchev–Trinajstić information content (AvgIpc) is 4.49.